The van der Waals surface area contributed by atoms with Crippen LogP contribution < -0.4 is 37.9 Å². The maximum absolute atomic E-state index is 11.9. The molecule has 0 aliphatic carbocycles. The number of aryl methyl sites for hydroxylation is 1. The van der Waals surface area contributed by atoms with Crippen LogP contribution in [0.4, 0.5) is 10.5 Å². The molecule has 2 aromatic rings. The van der Waals surface area contributed by atoms with Crippen molar-refractivity contribution in [1.82, 2.24) is 26.8 Å². The fourth-order valence-electron chi connectivity index (χ4n) is 3.89. The number of methoxy groups -OCH3 is 1. The van der Waals surface area contributed by atoms with Gasteiger partial charge in [0.25, 0.3) is 0 Å². The Morgan fingerprint density at radius 2 is 1.54 bits per heavy atom. The van der Waals surface area contributed by atoms with Crippen LogP contribution in [0.2, 0.25) is 0 Å². The molecule has 2 aromatic carbocycles. The fraction of sp³-hybridized carbons (Fsp3) is 0.513. The number of aromatic hydroxyl groups is 1. The Balaban J connectivity index is -0.000000754. The van der Waals surface area contributed by atoms with Crippen molar-refractivity contribution in [3.63, 3.8) is 0 Å². The number of nitrogens with one attached hydrogen (secondary N) is 6. The van der Waals surface area contributed by atoms with Crippen molar-refractivity contribution < 1.29 is 48.1 Å². The van der Waals surface area contributed by atoms with Gasteiger partial charge in [0.1, 0.15) is 11.4 Å². The minimum absolute atomic E-state index is 0. The molecule has 326 valence electrons. The third kappa shape index (κ3) is 31.4. The monoisotopic (exact) mass is 1050 g/mol. The van der Waals surface area contributed by atoms with E-state index in [2.05, 4.69) is 32.1 Å². The van der Waals surface area contributed by atoms with Crippen molar-refractivity contribution in [2.75, 3.05) is 25.5 Å². The number of phenols is 1. The van der Waals surface area contributed by atoms with Crippen LogP contribution in [0.5, 0.6) is 5.75 Å². The molecule has 0 aliphatic rings. The number of unbranched alkanes of at least 4 members (excludes halogenated alkanes) is 1. The van der Waals surface area contributed by atoms with Gasteiger partial charge in [-0.25, -0.2) is 4.79 Å². The van der Waals surface area contributed by atoms with Gasteiger partial charge in [-0.1, -0.05) is 63.9 Å². The second-order valence-electron chi connectivity index (χ2n) is 13.6. The zero-order valence-corrected chi connectivity index (χ0v) is 36.8. The van der Waals surface area contributed by atoms with Crippen LogP contribution in [-0.2, 0) is 44.8 Å². The van der Waals surface area contributed by atoms with Gasteiger partial charge in [-0.2, -0.15) is 6.41 Å². The molecular formula is C39H62FmN7O10-. The van der Waals surface area contributed by atoms with Gasteiger partial charge in [-0.15, -0.1) is 0 Å². The van der Waals surface area contributed by atoms with Gasteiger partial charge in [0.2, 0.25) is 30.0 Å². The first kappa shape index (κ1) is 54.6. The summed E-state index contributed by atoms with van der Waals surface area (Å²) in [5, 5.41) is 18.8. The van der Waals surface area contributed by atoms with Crippen LogP contribution in [0, 0.1) is 18.8 Å². The summed E-state index contributed by atoms with van der Waals surface area (Å²) >= 11 is 0. The van der Waals surface area contributed by atoms with Crippen molar-refractivity contribution >= 4 is 48.2 Å². The van der Waals surface area contributed by atoms with E-state index in [1.165, 1.54) is 12.0 Å². The topological polar surface area (TPSA) is 256 Å². The zero-order chi connectivity index (χ0) is 43.1. The minimum atomic E-state index is -0.714. The van der Waals surface area contributed by atoms with Gasteiger partial charge in [-0.05, 0) is 76.3 Å². The number of benzene rings is 2. The Hall–Kier alpha value is -6.71. The summed E-state index contributed by atoms with van der Waals surface area (Å²) in [4.78, 5) is 76.7. The Kier molecular flexibility index (Phi) is 30.3. The van der Waals surface area contributed by atoms with Crippen LogP contribution in [-0.4, -0.2) is 79.5 Å². The number of anilines is 1. The van der Waals surface area contributed by atoms with Crippen LogP contribution >= 0.6 is 0 Å². The number of hydrazine groups is 1. The molecule has 0 saturated heterocycles. The Morgan fingerprint density at radius 3 is 1.98 bits per heavy atom. The molecule has 57 heavy (non-hydrogen) atoms. The molecule has 2 unspecified atom stereocenters. The van der Waals surface area contributed by atoms with Gasteiger partial charge >= 0.3 is 6.09 Å². The van der Waals surface area contributed by atoms with E-state index in [0.717, 1.165) is 18.4 Å². The third-order valence-electron chi connectivity index (χ3n) is 6.89. The Bertz CT molecular complexity index is 1430. The number of alkyl carbamates (subject to hydrolysis) is 1. The number of nitrogens with two attached hydrogens (primary N) is 1. The predicted molar refractivity (Wildman–Crippen MR) is 213 cm³/mol. The molecule has 7 amide bonds. The van der Waals surface area contributed by atoms with Gasteiger partial charge in [0.05, 0.1) is 19.2 Å². The van der Waals surface area contributed by atoms with E-state index in [-0.39, 0.29) is 36.1 Å². The SMILES string of the molecule is CC(CCNC(=O)OC(C)(C)C)C(=O)NNC=O.CCCCC(N)=O.COCc1ccc(NC(=O)CNC(=O)C(N[C-]=O)C(C)C)cc1.Cc1ccc(O)cc1.[Fm]. The molecule has 18 heteroatoms. The normalized spacial score (nSPS) is 10.9. The van der Waals surface area contributed by atoms with E-state index in [1.54, 1.807) is 72.9 Å². The van der Waals surface area contributed by atoms with E-state index in [9.17, 15) is 33.6 Å². The van der Waals surface area contributed by atoms with Gasteiger partial charge < -0.3 is 46.4 Å². The Labute approximate surface area is 330 Å². The molecule has 2 atom stereocenters. The predicted octanol–water partition coefficient (Wildman–Crippen LogP) is 3.25. The molecule has 0 spiro atoms. The standard InChI is InChI=1S/C16H22N3O4.C11H21N3O4.C7H8O.C5H11NO.Fm/c1-11(2)15(18-10-20)16(22)17-8-14(21)19-13-6-4-12(5-7-13)9-23-3;1-8(9(16)14-13-7-15)5-6-12-10(17)18-11(2,3)4;1-6-2-4-7(8)5-3-6;1-2-3-4-5(6)7;/h4-7,11,15H,8-9H2,1-3H3,(H,17,22)(H,18,20)(H,19,21);7-8H,5-6H2,1-4H3,(H,12,17)(H,13,15)(H,14,16);2-5,8H,1H3;2-4H2,1H3,(H2,6,7);/q-1;;;;. The van der Waals surface area contributed by atoms with E-state index < -0.39 is 23.6 Å². The van der Waals surface area contributed by atoms with E-state index in [1.807, 2.05) is 38.1 Å². The second kappa shape index (κ2) is 31.6. The number of hydrogen-bond acceptors (Lipinski definition) is 10. The Morgan fingerprint density at radius 1 is 0.947 bits per heavy atom. The number of amides is 7. The van der Waals surface area contributed by atoms with Crippen LogP contribution in [0.3, 0.4) is 0 Å². The smallest absolute Gasteiger partial charge is 0.407 e. The molecule has 0 saturated carbocycles. The maximum atomic E-state index is 11.9. The van der Waals surface area contributed by atoms with Crippen molar-refractivity contribution in [1.29, 1.82) is 0 Å². The molecule has 0 bridgehead atoms. The summed E-state index contributed by atoms with van der Waals surface area (Å²) < 4.78 is 10.0. The van der Waals surface area contributed by atoms with Crippen LogP contribution in [0.25, 0.3) is 0 Å². The van der Waals surface area contributed by atoms with Gasteiger partial charge in [0.15, 0.2) is 0 Å². The number of carbonyl (C=O) groups excluding carboxylic acids is 7. The molecule has 0 radical (unpaired) electrons. The zero-order valence-electron chi connectivity index (χ0n) is 34.4. The first-order valence-corrected chi connectivity index (χ1v) is 18.1. The van der Waals surface area contributed by atoms with E-state index in [0.29, 0.717) is 43.8 Å². The molecular weight excluding hydrogens is 983 g/mol. The van der Waals surface area contributed by atoms with E-state index in [4.69, 9.17) is 20.3 Å². The number of rotatable bonds is 18. The van der Waals surface area contributed by atoms with Gasteiger partial charge in [0, 0.05) is 31.7 Å². The molecule has 0 heterocycles. The number of carbonyl (C=O) groups is 6. The first-order valence-electron chi connectivity index (χ1n) is 18.1. The largest absolute Gasteiger partial charge is 0.520 e. The van der Waals surface area contributed by atoms with Crippen molar-refractivity contribution in [2.45, 2.75) is 99.3 Å². The second-order valence-corrected chi connectivity index (χ2v) is 13.6. The summed E-state index contributed by atoms with van der Waals surface area (Å²) in [6.45, 7) is 15.2. The number of primary amides is 1. The summed E-state index contributed by atoms with van der Waals surface area (Å²) in [5.74, 6) is -1.38. The molecule has 17 nitrogen and oxygen atoms in total. The average molecular weight is 1050 g/mol. The fourth-order valence-corrected chi connectivity index (χ4v) is 3.89. The molecule has 9 N–H and O–H groups in total. The quantitative estimate of drug-likeness (QED) is 0.0468. The molecule has 0 aliphatic heterocycles. The molecule has 0 fully saturated rings. The number of phenolic OH excluding ortho intramolecular Hbond substituents is 1. The minimum Gasteiger partial charge on any atom is -0.520 e. The number of ether oxygens (including phenoxy) is 2. The third-order valence-corrected chi connectivity index (χ3v) is 6.89. The number of hydrogen-bond donors (Lipinski definition) is 8. The van der Waals surface area contributed by atoms with Crippen LogP contribution in [0.1, 0.15) is 85.3 Å². The summed E-state index contributed by atoms with van der Waals surface area (Å²) in [7, 11) is 1.61. The molecule has 2 rings (SSSR count). The summed E-state index contributed by atoms with van der Waals surface area (Å²) in [6, 6.07) is 13.6. The average Bonchev–Trinajstić information content (AvgIpc) is 3.13. The van der Waals surface area contributed by atoms with E-state index >= 15 is 0 Å². The van der Waals surface area contributed by atoms with Crippen LogP contribution in [0.15, 0.2) is 48.5 Å². The molecule has 0 aromatic heterocycles. The first-order chi connectivity index (χ1) is 26.3. The van der Waals surface area contributed by atoms with Crippen molar-refractivity contribution in [3.05, 3.63) is 59.7 Å². The van der Waals surface area contributed by atoms with Crippen molar-refractivity contribution in [3.8, 4) is 5.75 Å². The summed E-state index contributed by atoms with van der Waals surface area (Å²) in [5.41, 5.74) is 11.4. The summed E-state index contributed by atoms with van der Waals surface area (Å²) in [6.07, 6.45) is 4.33. The van der Waals surface area contributed by atoms with Gasteiger partial charge in [-0.3, -0.25) is 34.8 Å². The van der Waals surface area contributed by atoms with Crippen molar-refractivity contribution in [2.24, 2.45) is 17.6 Å². The maximum Gasteiger partial charge on any atom is 0.407 e.